The van der Waals surface area contributed by atoms with Crippen molar-refractivity contribution in [1.82, 2.24) is 0 Å². The number of para-hydroxylation sites is 1. The monoisotopic (exact) mass is 383 g/mol. The second kappa shape index (κ2) is 4.96. The van der Waals surface area contributed by atoms with Crippen molar-refractivity contribution in [1.29, 1.82) is 0 Å². The molecule has 0 radical (unpaired) electrons. The molecule has 4 heteroatoms. The molecular formula is C20H18BrNO2. The van der Waals surface area contributed by atoms with Gasteiger partial charge in [-0.2, -0.15) is 0 Å². The lowest BCUT2D eigenvalue weighted by molar-refractivity contribution is 0.0573. The van der Waals surface area contributed by atoms with Gasteiger partial charge in [0.15, 0.2) is 0 Å². The average Bonchev–Trinajstić information content (AvgIpc) is 2.75. The van der Waals surface area contributed by atoms with Crippen molar-refractivity contribution >= 4 is 34.0 Å². The molecule has 1 atom stereocenters. The van der Waals surface area contributed by atoms with E-state index in [0.29, 0.717) is 5.56 Å². The van der Waals surface area contributed by atoms with E-state index in [2.05, 4.69) is 78.1 Å². The van der Waals surface area contributed by atoms with E-state index in [1.165, 1.54) is 11.3 Å². The fraction of sp³-hybridized carbons (Fsp3) is 0.250. The normalized spacial score (nSPS) is 22.9. The Labute approximate surface area is 150 Å². The molecule has 2 heterocycles. The largest absolute Gasteiger partial charge is 0.462 e. The van der Waals surface area contributed by atoms with Crippen LogP contribution in [0.3, 0.4) is 0 Å². The van der Waals surface area contributed by atoms with Gasteiger partial charge in [-0.25, -0.2) is 0 Å². The Bertz CT molecular complexity index is 887. The molecule has 4 rings (SSSR count). The summed E-state index contributed by atoms with van der Waals surface area (Å²) in [7, 11) is 2.07. The molecule has 0 fully saturated rings. The van der Waals surface area contributed by atoms with Crippen molar-refractivity contribution in [3.05, 3.63) is 63.6 Å². The Morgan fingerprint density at radius 1 is 1.21 bits per heavy atom. The molecule has 2 aromatic rings. The molecule has 2 aliphatic heterocycles. The zero-order valence-corrected chi connectivity index (χ0v) is 15.4. The Morgan fingerprint density at radius 3 is 2.67 bits per heavy atom. The zero-order valence-electron chi connectivity index (χ0n) is 13.8. The number of rotatable bonds is 1. The molecule has 0 unspecified atom stereocenters. The van der Waals surface area contributed by atoms with Gasteiger partial charge in [-0.15, -0.1) is 0 Å². The number of benzene rings is 2. The van der Waals surface area contributed by atoms with Crippen LogP contribution >= 0.6 is 15.9 Å². The molecule has 0 saturated carbocycles. The van der Waals surface area contributed by atoms with Gasteiger partial charge in [0.05, 0.1) is 9.89 Å². The SMILES string of the molecule is CN1c2ccccc2C(C)(C)[C@]12C=Cc1cc(C=O)cc(Br)c1O2. The molecule has 0 aromatic heterocycles. The van der Waals surface area contributed by atoms with Crippen LogP contribution < -0.4 is 9.64 Å². The summed E-state index contributed by atoms with van der Waals surface area (Å²) in [5.41, 5.74) is 3.16. The topological polar surface area (TPSA) is 29.5 Å². The van der Waals surface area contributed by atoms with E-state index in [1.54, 1.807) is 6.07 Å². The molecule has 2 aliphatic rings. The minimum atomic E-state index is -0.602. The Morgan fingerprint density at radius 2 is 1.96 bits per heavy atom. The summed E-state index contributed by atoms with van der Waals surface area (Å²) in [5.74, 6) is 0.774. The van der Waals surface area contributed by atoms with Gasteiger partial charge in [-0.05, 0) is 65.7 Å². The first kappa shape index (κ1) is 15.5. The smallest absolute Gasteiger partial charge is 0.211 e. The lowest BCUT2D eigenvalue weighted by atomic mass is 9.76. The Balaban J connectivity index is 1.90. The lowest BCUT2D eigenvalue weighted by Gasteiger charge is -2.46. The number of nitrogens with zero attached hydrogens (tertiary/aromatic N) is 1. The average molecular weight is 384 g/mol. The molecule has 0 saturated heterocycles. The number of hydrogen-bond donors (Lipinski definition) is 0. The summed E-state index contributed by atoms with van der Waals surface area (Å²) < 4.78 is 7.39. The molecule has 0 amide bonds. The van der Waals surface area contributed by atoms with E-state index in [9.17, 15) is 4.79 Å². The van der Waals surface area contributed by atoms with Crippen LogP contribution in [0, 0.1) is 0 Å². The number of aldehydes is 1. The lowest BCUT2D eigenvalue weighted by Crippen LogP contribution is -2.58. The summed E-state index contributed by atoms with van der Waals surface area (Å²) in [5, 5.41) is 0. The first-order chi connectivity index (χ1) is 11.4. The Kier molecular flexibility index (Phi) is 3.20. The molecule has 0 aliphatic carbocycles. The number of halogens is 1. The van der Waals surface area contributed by atoms with Crippen LogP contribution in [-0.2, 0) is 5.41 Å². The number of carbonyl (C=O) groups is 1. The Hall–Kier alpha value is -2.07. The van der Waals surface area contributed by atoms with Crippen molar-refractivity contribution in [2.45, 2.75) is 25.0 Å². The van der Waals surface area contributed by atoms with Crippen LogP contribution in [0.1, 0.15) is 35.3 Å². The molecule has 1 spiro atoms. The third-order valence-corrected chi connectivity index (χ3v) is 5.90. The third kappa shape index (κ3) is 1.80. The summed E-state index contributed by atoms with van der Waals surface area (Å²) in [6.07, 6.45) is 5.02. The van der Waals surface area contributed by atoms with Gasteiger partial charge in [0, 0.05) is 23.9 Å². The van der Waals surface area contributed by atoms with Crippen LogP contribution in [0.25, 0.3) is 6.08 Å². The standard InChI is InChI=1S/C20H18BrNO2/c1-19(2)15-6-4-5-7-17(15)22(3)20(19)9-8-14-10-13(12-23)11-16(21)18(14)24-20/h4-12H,1-3H3/t20-/m1/s1. The van der Waals surface area contributed by atoms with Crippen molar-refractivity contribution in [2.24, 2.45) is 0 Å². The molecule has 122 valence electrons. The first-order valence-electron chi connectivity index (χ1n) is 7.91. The maximum absolute atomic E-state index is 11.1. The molecule has 2 aromatic carbocycles. The molecule has 0 N–H and O–H groups in total. The van der Waals surface area contributed by atoms with Crippen molar-refractivity contribution in [3.8, 4) is 5.75 Å². The van der Waals surface area contributed by atoms with E-state index in [4.69, 9.17) is 4.74 Å². The van der Waals surface area contributed by atoms with E-state index in [1.807, 2.05) is 6.07 Å². The number of anilines is 1. The van der Waals surface area contributed by atoms with Gasteiger partial charge >= 0.3 is 0 Å². The van der Waals surface area contributed by atoms with Gasteiger partial charge in [0.25, 0.3) is 0 Å². The van der Waals surface area contributed by atoms with Crippen LogP contribution in [0.2, 0.25) is 0 Å². The van der Waals surface area contributed by atoms with Crippen molar-refractivity contribution in [3.63, 3.8) is 0 Å². The zero-order chi connectivity index (χ0) is 17.1. The number of ether oxygens (including phenoxy) is 1. The second-order valence-corrected chi connectivity index (χ2v) is 7.73. The summed E-state index contributed by atoms with van der Waals surface area (Å²) in [6, 6.07) is 12.1. The summed E-state index contributed by atoms with van der Waals surface area (Å²) >= 11 is 3.56. The first-order valence-corrected chi connectivity index (χ1v) is 8.70. The number of carbonyl (C=O) groups excluding carboxylic acids is 1. The van der Waals surface area contributed by atoms with Crippen LogP contribution in [0.15, 0.2) is 46.9 Å². The maximum atomic E-state index is 11.1. The van der Waals surface area contributed by atoms with Gasteiger partial charge in [0.2, 0.25) is 5.72 Å². The van der Waals surface area contributed by atoms with Gasteiger partial charge in [-0.1, -0.05) is 18.2 Å². The van der Waals surface area contributed by atoms with Crippen molar-refractivity contribution < 1.29 is 9.53 Å². The van der Waals surface area contributed by atoms with E-state index >= 15 is 0 Å². The molecular weight excluding hydrogens is 366 g/mol. The highest BCUT2D eigenvalue weighted by atomic mass is 79.9. The number of likely N-dealkylation sites (N-methyl/N-ethyl adjacent to an activating group) is 1. The quantitative estimate of drug-likeness (QED) is 0.662. The predicted molar refractivity (Wildman–Crippen MR) is 99.8 cm³/mol. The number of fused-ring (bicyclic) bond motifs is 2. The minimum Gasteiger partial charge on any atom is -0.462 e. The molecule has 0 bridgehead atoms. The summed E-state index contributed by atoms with van der Waals surface area (Å²) in [6.45, 7) is 4.41. The maximum Gasteiger partial charge on any atom is 0.211 e. The van der Waals surface area contributed by atoms with Gasteiger partial charge in [0.1, 0.15) is 12.0 Å². The highest BCUT2D eigenvalue weighted by Gasteiger charge is 2.57. The second-order valence-electron chi connectivity index (χ2n) is 6.87. The van der Waals surface area contributed by atoms with Crippen LogP contribution in [0.5, 0.6) is 5.75 Å². The van der Waals surface area contributed by atoms with E-state index < -0.39 is 5.72 Å². The molecule has 24 heavy (non-hydrogen) atoms. The van der Waals surface area contributed by atoms with Crippen LogP contribution in [-0.4, -0.2) is 19.1 Å². The van der Waals surface area contributed by atoms with E-state index in [0.717, 1.165) is 22.1 Å². The van der Waals surface area contributed by atoms with Gasteiger partial charge < -0.3 is 9.64 Å². The van der Waals surface area contributed by atoms with Gasteiger partial charge in [-0.3, -0.25) is 4.79 Å². The third-order valence-electron chi connectivity index (χ3n) is 5.31. The van der Waals surface area contributed by atoms with Crippen molar-refractivity contribution in [2.75, 3.05) is 11.9 Å². The van der Waals surface area contributed by atoms with E-state index in [-0.39, 0.29) is 5.41 Å². The summed E-state index contributed by atoms with van der Waals surface area (Å²) in [4.78, 5) is 13.3. The molecule has 3 nitrogen and oxygen atoms in total. The van der Waals surface area contributed by atoms with Crippen LogP contribution in [0.4, 0.5) is 5.69 Å². The minimum absolute atomic E-state index is 0.227. The fourth-order valence-electron chi connectivity index (χ4n) is 3.93. The highest BCUT2D eigenvalue weighted by molar-refractivity contribution is 9.10. The highest BCUT2D eigenvalue weighted by Crippen LogP contribution is 2.54. The fourth-order valence-corrected chi connectivity index (χ4v) is 4.50. The predicted octanol–water partition coefficient (Wildman–Crippen LogP) is 4.79. The number of hydrogen-bond acceptors (Lipinski definition) is 3.